The molecule has 2 amide bonds. The fourth-order valence-corrected chi connectivity index (χ4v) is 2.70. The third-order valence-corrected chi connectivity index (χ3v) is 4.07. The van der Waals surface area contributed by atoms with Crippen molar-refractivity contribution in [3.63, 3.8) is 0 Å². The molecule has 0 saturated heterocycles. The predicted molar refractivity (Wildman–Crippen MR) is 86.0 cm³/mol. The van der Waals surface area contributed by atoms with Gasteiger partial charge in [0.15, 0.2) is 0 Å². The molecule has 0 unspecified atom stereocenters. The van der Waals surface area contributed by atoms with Crippen LogP contribution in [0.3, 0.4) is 0 Å². The average Bonchev–Trinajstić information content (AvgIpc) is 2.99. The van der Waals surface area contributed by atoms with Crippen molar-refractivity contribution in [2.75, 3.05) is 13.1 Å². The minimum absolute atomic E-state index is 0.0451. The van der Waals surface area contributed by atoms with E-state index in [1.807, 2.05) is 19.9 Å². The SMILES string of the molecule is CCN(CC)C(=O)CCC(=O)NCc1ccc2c(c1)CNC2. The van der Waals surface area contributed by atoms with Crippen LogP contribution in [0, 0.1) is 0 Å². The Morgan fingerprint density at radius 2 is 1.86 bits per heavy atom. The van der Waals surface area contributed by atoms with E-state index in [-0.39, 0.29) is 24.7 Å². The normalized spacial score (nSPS) is 12.8. The standard InChI is InChI=1S/C17H25N3O2/c1-3-20(4-2)17(22)8-7-16(21)19-10-13-5-6-14-11-18-12-15(14)9-13/h5-6,9,18H,3-4,7-8,10-12H2,1-2H3,(H,19,21). The molecule has 0 fully saturated rings. The van der Waals surface area contributed by atoms with E-state index < -0.39 is 0 Å². The van der Waals surface area contributed by atoms with Crippen LogP contribution in [-0.2, 0) is 29.2 Å². The lowest BCUT2D eigenvalue weighted by atomic mass is 10.1. The monoisotopic (exact) mass is 303 g/mol. The summed E-state index contributed by atoms with van der Waals surface area (Å²) in [5.74, 6) is -0.0251. The Morgan fingerprint density at radius 1 is 1.14 bits per heavy atom. The lowest BCUT2D eigenvalue weighted by molar-refractivity contribution is -0.133. The van der Waals surface area contributed by atoms with Crippen molar-refractivity contribution in [3.8, 4) is 0 Å². The Morgan fingerprint density at radius 3 is 2.59 bits per heavy atom. The highest BCUT2D eigenvalue weighted by molar-refractivity contribution is 5.83. The molecule has 0 atom stereocenters. The number of hydrogen-bond donors (Lipinski definition) is 2. The van der Waals surface area contributed by atoms with Crippen molar-refractivity contribution in [3.05, 3.63) is 34.9 Å². The highest BCUT2D eigenvalue weighted by atomic mass is 16.2. The number of carbonyl (C=O) groups is 2. The topological polar surface area (TPSA) is 61.4 Å². The van der Waals surface area contributed by atoms with Crippen molar-refractivity contribution in [1.82, 2.24) is 15.5 Å². The Labute approximate surface area is 132 Å². The summed E-state index contributed by atoms with van der Waals surface area (Å²) in [6, 6.07) is 6.30. The van der Waals surface area contributed by atoms with Crippen molar-refractivity contribution in [2.45, 2.75) is 46.3 Å². The summed E-state index contributed by atoms with van der Waals surface area (Å²) in [6.07, 6.45) is 0.531. The first-order chi connectivity index (χ1) is 10.6. The Kier molecular flexibility index (Phi) is 5.95. The van der Waals surface area contributed by atoms with E-state index in [0.717, 1.165) is 18.7 Å². The summed E-state index contributed by atoms with van der Waals surface area (Å²) in [5, 5.41) is 6.20. The maximum Gasteiger partial charge on any atom is 0.223 e. The van der Waals surface area contributed by atoms with Crippen LogP contribution in [0.1, 0.15) is 43.4 Å². The molecule has 0 radical (unpaired) electrons. The number of rotatable bonds is 7. The zero-order valence-corrected chi connectivity index (χ0v) is 13.4. The van der Waals surface area contributed by atoms with Crippen molar-refractivity contribution in [2.24, 2.45) is 0 Å². The van der Waals surface area contributed by atoms with Crippen molar-refractivity contribution in [1.29, 1.82) is 0 Å². The van der Waals surface area contributed by atoms with E-state index in [1.165, 1.54) is 11.1 Å². The molecule has 2 N–H and O–H groups in total. The second-order valence-electron chi connectivity index (χ2n) is 5.55. The van der Waals surface area contributed by atoms with E-state index >= 15 is 0 Å². The van der Waals surface area contributed by atoms with Gasteiger partial charge in [-0.25, -0.2) is 0 Å². The fraction of sp³-hybridized carbons (Fsp3) is 0.529. The second-order valence-corrected chi connectivity index (χ2v) is 5.55. The Hall–Kier alpha value is -1.88. The van der Waals surface area contributed by atoms with Crippen LogP contribution in [0.4, 0.5) is 0 Å². The maximum atomic E-state index is 11.9. The number of fused-ring (bicyclic) bond motifs is 1. The molecule has 5 nitrogen and oxygen atoms in total. The van der Waals surface area contributed by atoms with Crippen LogP contribution in [-0.4, -0.2) is 29.8 Å². The first-order valence-corrected chi connectivity index (χ1v) is 7.99. The van der Waals surface area contributed by atoms with Gasteiger partial charge in [0.1, 0.15) is 0 Å². The van der Waals surface area contributed by atoms with Gasteiger partial charge in [-0.1, -0.05) is 18.2 Å². The molecular weight excluding hydrogens is 278 g/mol. The van der Waals surface area contributed by atoms with Gasteiger partial charge in [-0.2, -0.15) is 0 Å². The van der Waals surface area contributed by atoms with Crippen LogP contribution in [0.2, 0.25) is 0 Å². The third-order valence-electron chi connectivity index (χ3n) is 4.07. The van der Waals surface area contributed by atoms with Crippen LogP contribution in [0.15, 0.2) is 18.2 Å². The molecule has 1 aromatic rings. The molecular formula is C17H25N3O2. The van der Waals surface area contributed by atoms with Gasteiger partial charge < -0.3 is 15.5 Å². The molecule has 5 heteroatoms. The van der Waals surface area contributed by atoms with Gasteiger partial charge in [-0.15, -0.1) is 0 Å². The number of carbonyl (C=O) groups excluding carboxylic acids is 2. The minimum Gasteiger partial charge on any atom is -0.352 e. The molecule has 1 aliphatic heterocycles. The number of nitrogens with zero attached hydrogens (tertiary/aromatic N) is 1. The van der Waals surface area contributed by atoms with E-state index in [2.05, 4.69) is 22.8 Å². The first-order valence-electron chi connectivity index (χ1n) is 7.99. The molecule has 0 aromatic heterocycles. The van der Waals surface area contributed by atoms with Gasteiger partial charge in [0.25, 0.3) is 0 Å². The van der Waals surface area contributed by atoms with Crippen LogP contribution >= 0.6 is 0 Å². The lowest BCUT2D eigenvalue weighted by Gasteiger charge is -2.18. The van der Waals surface area contributed by atoms with Gasteiger partial charge in [-0.3, -0.25) is 9.59 Å². The van der Waals surface area contributed by atoms with Crippen LogP contribution in [0.5, 0.6) is 0 Å². The van der Waals surface area contributed by atoms with Gasteiger partial charge in [-0.05, 0) is 30.5 Å². The zero-order valence-electron chi connectivity index (χ0n) is 13.4. The summed E-state index contributed by atoms with van der Waals surface area (Å²) in [7, 11) is 0. The summed E-state index contributed by atoms with van der Waals surface area (Å²) in [5.41, 5.74) is 3.74. The number of amides is 2. The number of nitrogens with one attached hydrogen (secondary N) is 2. The van der Waals surface area contributed by atoms with E-state index in [4.69, 9.17) is 0 Å². The molecule has 1 aliphatic rings. The number of benzene rings is 1. The molecule has 0 spiro atoms. The molecule has 2 rings (SSSR count). The summed E-state index contributed by atoms with van der Waals surface area (Å²) in [4.78, 5) is 25.5. The summed E-state index contributed by atoms with van der Waals surface area (Å²) >= 11 is 0. The van der Waals surface area contributed by atoms with Crippen LogP contribution < -0.4 is 10.6 Å². The van der Waals surface area contributed by atoms with E-state index in [9.17, 15) is 9.59 Å². The smallest absolute Gasteiger partial charge is 0.223 e. The van der Waals surface area contributed by atoms with Crippen LogP contribution in [0.25, 0.3) is 0 Å². The van der Waals surface area contributed by atoms with Gasteiger partial charge >= 0.3 is 0 Å². The second kappa shape index (κ2) is 7.94. The van der Waals surface area contributed by atoms with Gasteiger partial charge in [0, 0.05) is 45.6 Å². The maximum absolute atomic E-state index is 11.9. The number of hydrogen-bond acceptors (Lipinski definition) is 3. The molecule has 1 heterocycles. The molecule has 120 valence electrons. The van der Waals surface area contributed by atoms with Crippen molar-refractivity contribution < 1.29 is 9.59 Å². The first kappa shape index (κ1) is 16.5. The third kappa shape index (κ3) is 4.31. The quantitative estimate of drug-likeness (QED) is 0.803. The molecule has 22 heavy (non-hydrogen) atoms. The van der Waals surface area contributed by atoms with Gasteiger partial charge in [0.2, 0.25) is 11.8 Å². The molecule has 0 saturated carbocycles. The minimum atomic E-state index is -0.0703. The highest BCUT2D eigenvalue weighted by Crippen LogP contribution is 2.16. The largest absolute Gasteiger partial charge is 0.352 e. The van der Waals surface area contributed by atoms with E-state index in [0.29, 0.717) is 19.6 Å². The highest BCUT2D eigenvalue weighted by Gasteiger charge is 2.13. The summed E-state index contributed by atoms with van der Waals surface area (Å²) < 4.78 is 0. The average molecular weight is 303 g/mol. The molecule has 0 bridgehead atoms. The summed E-state index contributed by atoms with van der Waals surface area (Å²) in [6.45, 7) is 7.63. The van der Waals surface area contributed by atoms with Gasteiger partial charge in [0.05, 0.1) is 0 Å². The zero-order chi connectivity index (χ0) is 15.9. The Balaban J connectivity index is 1.75. The molecule has 1 aromatic carbocycles. The van der Waals surface area contributed by atoms with E-state index in [1.54, 1.807) is 4.90 Å². The predicted octanol–water partition coefficient (Wildman–Crippen LogP) is 1.55. The van der Waals surface area contributed by atoms with Crippen molar-refractivity contribution >= 4 is 11.8 Å². The lowest BCUT2D eigenvalue weighted by Crippen LogP contribution is -2.32. The Bertz CT molecular complexity index is 539. The fourth-order valence-electron chi connectivity index (χ4n) is 2.70. The molecule has 0 aliphatic carbocycles.